The van der Waals surface area contributed by atoms with Gasteiger partial charge in [-0.1, -0.05) is 17.7 Å². The topological polar surface area (TPSA) is 9.23 Å². The minimum Gasteiger partial charge on any atom is -0.488 e. The molecule has 1 aromatic carbocycles. The van der Waals surface area contributed by atoms with Crippen molar-refractivity contribution in [3.05, 3.63) is 29.3 Å². The van der Waals surface area contributed by atoms with Gasteiger partial charge in [0.05, 0.1) is 0 Å². The zero-order valence-corrected chi connectivity index (χ0v) is 9.14. The Bertz CT molecular complexity index is 294. The molecule has 1 aromatic rings. The van der Waals surface area contributed by atoms with Crippen molar-refractivity contribution in [1.29, 1.82) is 0 Å². The van der Waals surface area contributed by atoms with Crippen LogP contribution >= 0.6 is 0 Å². The van der Waals surface area contributed by atoms with E-state index in [1.807, 2.05) is 6.07 Å². The Balaban J connectivity index is 2.90. The lowest BCUT2D eigenvalue weighted by Crippen LogP contribution is -2.23. The maximum absolute atomic E-state index is 5.79. The van der Waals surface area contributed by atoms with Gasteiger partial charge < -0.3 is 4.74 Å². The molecule has 1 rings (SSSR count). The highest BCUT2D eigenvalue weighted by Gasteiger charge is 2.12. The Hall–Kier alpha value is -0.980. The number of hydrogen-bond acceptors (Lipinski definition) is 1. The molecule has 0 aliphatic heterocycles. The second-order valence-corrected chi connectivity index (χ2v) is 4.48. The smallest absolute Gasteiger partial charge is 0.123 e. The Morgan fingerprint density at radius 2 is 1.69 bits per heavy atom. The summed E-state index contributed by atoms with van der Waals surface area (Å²) in [6, 6.07) is 6.26. The van der Waals surface area contributed by atoms with Crippen LogP contribution < -0.4 is 4.74 Å². The number of aryl methyl sites for hydroxylation is 2. The molecule has 0 radical (unpaired) electrons. The molecule has 0 aromatic heterocycles. The summed E-state index contributed by atoms with van der Waals surface area (Å²) >= 11 is 0. The molecule has 0 spiro atoms. The number of rotatable bonds is 1. The first-order valence-corrected chi connectivity index (χ1v) is 4.65. The van der Waals surface area contributed by atoms with Crippen molar-refractivity contribution in [2.24, 2.45) is 0 Å². The van der Waals surface area contributed by atoms with E-state index >= 15 is 0 Å². The van der Waals surface area contributed by atoms with Crippen LogP contribution in [0.4, 0.5) is 0 Å². The van der Waals surface area contributed by atoms with Crippen LogP contribution in [0.2, 0.25) is 0 Å². The molecule has 0 saturated carbocycles. The summed E-state index contributed by atoms with van der Waals surface area (Å²) in [7, 11) is 0. The van der Waals surface area contributed by atoms with Gasteiger partial charge in [-0.15, -0.1) is 0 Å². The van der Waals surface area contributed by atoms with Crippen LogP contribution in [-0.2, 0) is 0 Å². The predicted octanol–water partition coefficient (Wildman–Crippen LogP) is 3.48. The molecular formula is C12H18O. The molecule has 0 fully saturated rings. The van der Waals surface area contributed by atoms with Crippen LogP contribution in [0.15, 0.2) is 18.2 Å². The van der Waals surface area contributed by atoms with E-state index in [-0.39, 0.29) is 5.60 Å². The molecule has 0 bridgehead atoms. The zero-order valence-electron chi connectivity index (χ0n) is 9.14. The van der Waals surface area contributed by atoms with E-state index in [4.69, 9.17) is 4.74 Å². The second-order valence-electron chi connectivity index (χ2n) is 4.48. The molecule has 0 atom stereocenters. The Kier molecular flexibility index (Phi) is 2.65. The van der Waals surface area contributed by atoms with Gasteiger partial charge in [-0.2, -0.15) is 0 Å². The van der Waals surface area contributed by atoms with Crippen LogP contribution in [0.25, 0.3) is 0 Å². The Morgan fingerprint density at radius 3 is 2.15 bits per heavy atom. The van der Waals surface area contributed by atoms with E-state index < -0.39 is 0 Å². The molecule has 1 nitrogen and oxygen atoms in total. The normalized spacial score (nSPS) is 11.5. The lowest BCUT2D eigenvalue weighted by atomic mass is 10.1. The number of hydrogen-bond donors (Lipinski definition) is 0. The van der Waals surface area contributed by atoms with E-state index in [0.717, 1.165) is 5.75 Å². The number of ether oxygens (including phenoxy) is 1. The first-order valence-electron chi connectivity index (χ1n) is 4.65. The van der Waals surface area contributed by atoms with Crippen molar-refractivity contribution in [3.8, 4) is 5.75 Å². The molecule has 1 heteroatoms. The molecule has 13 heavy (non-hydrogen) atoms. The van der Waals surface area contributed by atoms with Gasteiger partial charge in [-0.05, 0) is 46.2 Å². The van der Waals surface area contributed by atoms with E-state index in [9.17, 15) is 0 Å². The van der Waals surface area contributed by atoms with Crippen LogP contribution in [0.5, 0.6) is 5.75 Å². The fourth-order valence-corrected chi connectivity index (χ4v) is 1.24. The molecule has 0 saturated heterocycles. The molecule has 0 aliphatic carbocycles. The fourth-order valence-electron chi connectivity index (χ4n) is 1.24. The van der Waals surface area contributed by atoms with Crippen molar-refractivity contribution in [1.82, 2.24) is 0 Å². The maximum atomic E-state index is 5.79. The molecule has 0 amide bonds. The standard InChI is InChI=1S/C12H18O/c1-9-6-7-11(10(2)8-9)13-12(3,4)5/h6-8H,1-5H3. The summed E-state index contributed by atoms with van der Waals surface area (Å²) < 4.78 is 5.79. The lowest BCUT2D eigenvalue weighted by Gasteiger charge is -2.22. The minimum atomic E-state index is -0.111. The third-order valence-electron chi connectivity index (χ3n) is 1.75. The first kappa shape index (κ1) is 10.1. The van der Waals surface area contributed by atoms with E-state index in [1.165, 1.54) is 11.1 Å². The summed E-state index contributed by atoms with van der Waals surface area (Å²) in [6.07, 6.45) is 0. The first-order chi connectivity index (χ1) is 5.88. The lowest BCUT2D eigenvalue weighted by molar-refractivity contribution is 0.130. The summed E-state index contributed by atoms with van der Waals surface area (Å²) in [4.78, 5) is 0. The Morgan fingerprint density at radius 1 is 1.08 bits per heavy atom. The van der Waals surface area contributed by atoms with Gasteiger partial charge in [0.25, 0.3) is 0 Å². The predicted molar refractivity (Wildman–Crippen MR) is 56.3 cm³/mol. The summed E-state index contributed by atoms with van der Waals surface area (Å²) in [5.74, 6) is 0.984. The van der Waals surface area contributed by atoms with Gasteiger partial charge in [0.15, 0.2) is 0 Å². The van der Waals surface area contributed by atoms with Gasteiger partial charge in [-0.3, -0.25) is 0 Å². The monoisotopic (exact) mass is 178 g/mol. The van der Waals surface area contributed by atoms with Crippen molar-refractivity contribution >= 4 is 0 Å². The zero-order chi connectivity index (χ0) is 10.1. The summed E-state index contributed by atoms with van der Waals surface area (Å²) in [5.41, 5.74) is 2.37. The minimum absolute atomic E-state index is 0.111. The molecule has 0 unspecified atom stereocenters. The fraction of sp³-hybridized carbons (Fsp3) is 0.500. The van der Waals surface area contributed by atoms with Crippen LogP contribution in [0, 0.1) is 13.8 Å². The second kappa shape index (κ2) is 3.41. The van der Waals surface area contributed by atoms with Crippen molar-refractivity contribution < 1.29 is 4.74 Å². The molecule has 0 N–H and O–H groups in total. The molecule has 72 valence electrons. The van der Waals surface area contributed by atoms with E-state index in [2.05, 4.69) is 46.8 Å². The highest BCUT2D eigenvalue weighted by atomic mass is 16.5. The molecular weight excluding hydrogens is 160 g/mol. The van der Waals surface area contributed by atoms with Crippen molar-refractivity contribution in [2.45, 2.75) is 40.2 Å². The summed E-state index contributed by atoms with van der Waals surface area (Å²) in [5, 5.41) is 0. The highest BCUT2D eigenvalue weighted by molar-refractivity contribution is 5.35. The van der Waals surface area contributed by atoms with Crippen LogP contribution in [0.3, 0.4) is 0 Å². The maximum Gasteiger partial charge on any atom is 0.123 e. The summed E-state index contributed by atoms with van der Waals surface area (Å²) in [6.45, 7) is 10.4. The van der Waals surface area contributed by atoms with Crippen molar-refractivity contribution in [2.75, 3.05) is 0 Å². The van der Waals surface area contributed by atoms with Gasteiger partial charge >= 0.3 is 0 Å². The highest BCUT2D eigenvalue weighted by Crippen LogP contribution is 2.23. The average Bonchev–Trinajstić information content (AvgIpc) is 1.93. The van der Waals surface area contributed by atoms with Crippen LogP contribution in [-0.4, -0.2) is 5.60 Å². The quantitative estimate of drug-likeness (QED) is 0.639. The number of benzene rings is 1. The van der Waals surface area contributed by atoms with E-state index in [0.29, 0.717) is 0 Å². The van der Waals surface area contributed by atoms with Gasteiger partial charge in [0.1, 0.15) is 11.4 Å². The molecule has 0 heterocycles. The van der Waals surface area contributed by atoms with Gasteiger partial charge in [-0.25, -0.2) is 0 Å². The van der Waals surface area contributed by atoms with Crippen molar-refractivity contribution in [3.63, 3.8) is 0 Å². The van der Waals surface area contributed by atoms with E-state index in [1.54, 1.807) is 0 Å². The third-order valence-corrected chi connectivity index (χ3v) is 1.75. The largest absolute Gasteiger partial charge is 0.488 e. The van der Waals surface area contributed by atoms with Gasteiger partial charge in [0.2, 0.25) is 0 Å². The Labute approximate surface area is 80.7 Å². The van der Waals surface area contributed by atoms with Crippen LogP contribution in [0.1, 0.15) is 31.9 Å². The average molecular weight is 178 g/mol. The molecule has 0 aliphatic rings. The SMILES string of the molecule is Cc1ccc(OC(C)(C)C)c(C)c1. The third kappa shape index (κ3) is 3.10. The van der Waals surface area contributed by atoms with Gasteiger partial charge in [0, 0.05) is 0 Å².